The molecule has 1 atom stereocenters. The topological polar surface area (TPSA) is 34.1 Å². The molecule has 1 aromatic rings. The Morgan fingerprint density at radius 2 is 2.00 bits per heavy atom. The van der Waals surface area contributed by atoms with E-state index in [-0.39, 0.29) is 11.5 Å². The molecule has 0 heterocycles. The zero-order valence-corrected chi connectivity index (χ0v) is 11.9. The summed E-state index contributed by atoms with van der Waals surface area (Å²) in [5, 5.41) is 0.757. The van der Waals surface area contributed by atoms with E-state index in [0.29, 0.717) is 21.4 Å². The highest BCUT2D eigenvalue weighted by atomic mass is 35.5. The Balaban J connectivity index is 2.63. The van der Waals surface area contributed by atoms with Crippen molar-refractivity contribution in [3.8, 4) is 0 Å². The summed E-state index contributed by atoms with van der Waals surface area (Å²) >= 11 is 11.6. The smallest absolute Gasteiger partial charge is 0.175 e. The standard InChI is InChI=1S/C12H14Cl2O2S/c1-2-3-6-17(16)8-12(15)9-4-5-10(13)11(14)7-9/h4-5,7H,2-3,6,8H2,1H3. The van der Waals surface area contributed by atoms with E-state index < -0.39 is 10.8 Å². The first-order valence-electron chi connectivity index (χ1n) is 5.37. The van der Waals surface area contributed by atoms with Gasteiger partial charge < -0.3 is 0 Å². The molecule has 0 N–H and O–H groups in total. The highest BCUT2D eigenvalue weighted by molar-refractivity contribution is 7.85. The van der Waals surface area contributed by atoms with Crippen molar-refractivity contribution in [3.05, 3.63) is 33.8 Å². The predicted molar refractivity (Wildman–Crippen MR) is 73.6 cm³/mol. The molecule has 2 nitrogen and oxygen atoms in total. The van der Waals surface area contributed by atoms with Crippen LogP contribution in [0.15, 0.2) is 18.2 Å². The Bertz CT molecular complexity index is 433. The van der Waals surface area contributed by atoms with Crippen LogP contribution >= 0.6 is 23.2 Å². The molecule has 0 radical (unpaired) electrons. The molecule has 0 spiro atoms. The summed E-state index contributed by atoms with van der Waals surface area (Å²) in [6, 6.07) is 4.70. The fourth-order valence-corrected chi connectivity index (χ4v) is 2.79. The van der Waals surface area contributed by atoms with E-state index in [0.717, 1.165) is 12.8 Å². The van der Waals surface area contributed by atoms with E-state index in [4.69, 9.17) is 23.2 Å². The summed E-state index contributed by atoms with van der Waals surface area (Å²) in [6.45, 7) is 2.03. The Kier molecular flexibility index (Phi) is 6.17. The monoisotopic (exact) mass is 292 g/mol. The van der Waals surface area contributed by atoms with Crippen LogP contribution < -0.4 is 0 Å². The average molecular weight is 293 g/mol. The second kappa shape index (κ2) is 7.14. The third-order valence-corrected chi connectivity index (χ3v) is 4.33. The molecule has 1 unspecified atom stereocenters. The van der Waals surface area contributed by atoms with Crippen LogP contribution in [0.25, 0.3) is 0 Å². The SMILES string of the molecule is CCCCS(=O)CC(=O)c1ccc(Cl)c(Cl)c1. The Labute approximate surface area is 114 Å². The van der Waals surface area contributed by atoms with E-state index in [1.54, 1.807) is 12.1 Å². The molecule has 1 rings (SSSR count). The second-order valence-electron chi connectivity index (χ2n) is 3.69. The largest absolute Gasteiger partial charge is 0.293 e. The lowest BCUT2D eigenvalue weighted by Gasteiger charge is -2.03. The van der Waals surface area contributed by atoms with Crippen molar-refractivity contribution >= 4 is 39.8 Å². The molecule has 0 bridgehead atoms. The van der Waals surface area contributed by atoms with Gasteiger partial charge in [0.1, 0.15) is 0 Å². The van der Waals surface area contributed by atoms with Crippen molar-refractivity contribution in [2.24, 2.45) is 0 Å². The summed E-state index contributed by atoms with van der Waals surface area (Å²) in [5.41, 5.74) is 0.462. The zero-order valence-electron chi connectivity index (χ0n) is 9.54. The van der Waals surface area contributed by atoms with Gasteiger partial charge in [0, 0.05) is 22.1 Å². The van der Waals surface area contributed by atoms with Gasteiger partial charge in [-0.15, -0.1) is 0 Å². The van der Waals surface area contributed by atoms with Crippen molar-refractivity contribution in [3.63, 3.8) is 0 Å². The van der Waals surface area contributed by atoms with Crippen LogP contribution in [0.1, 0.15) is 30.1 Å². The van der Waals surface area contributed by atoms with Gasteiger partial charge in [-0.2, -0.15) is 0 Å². The number of rotatable bonds is 6. The number of halogens is 2. The Morgan fingerprint density at radius 3 is 2.59 bits per heavy atom. The molecule has 0 amide bonds. The van der Waals surface area contributed by atoms with E-state index in [2.05, 4.69) is 0 Å². The van der Waals surface area contributed by atoms with Crippen LogP contribution in [0.5, 0.6) is 0 Å². The number of ketones is 1. The molecule has 0 aliphatic rings. The maximum absolute atomic E-state index is 11.8. The van der Waals surface area contributed by atoms with Crippen molar-refractivity contribution in [2.75, 3.05) is 11.5 Å². The van der Waals surface area contributed by atoms with Gasteiger partial charge in [0.25, 0.3) is 0 Å². The van der Waals surface area contributed by atoms with Gasteiger partial charge in [-0.25, -0.2) is 0 Å². The van der Waals surface area contributed by atoms with Crippen LogP contribution in [0.2, 0.25) is 10.0 Å². The van der Waals surface area contributed by atoms with Crippen molar-refractivity contribution in [1.29, 1.82) is 0 Å². The van der Waals surface area contributed by atoms with Crippen molar-refractivity contribution in [1.82, 2.24) is 0 Å². The minimum Gasteiger partial charge on any atom is -0.293 e. The molecule has 5 heteroatoms. The van der Waals surface area contributed by atoms with Crippen LogP contribution in [0.3, 0.4) is 0 Å². The number of hydrogen-bond acceptors (Lipinski definition) is 2. The van der Waals surface area contributed by atoms with E-state index in [1.807, 2.05) is 6.92 Å². The van der Waals surface area contributed by atoms with Gasteiger partial charge in [-0.05, 0) is 24.6 Å². The number of carbonyl (C=O) groups is 1. The summed E-state index contributed by atoms with van der Waals surface area (Å²) in [4.78, 5) is 11.8. The second-order valence-corrected chi connectivity index (χ2v) is 6.08. The molecule has 17 heavy (non-hydrogen) atoms. The molecule has 0 aliphatic carbocycles. The summed E-state index contributed by atoms with van der Waals surface area (Å²) < 4.78 is 11.6. The lowest BCUT2D eigenvalue weighted by atomic mass is 10.1. The zero-order chi connectivity index (χ0) is 12.8. The molecule has 0 saturated heterocycles. The average Bonchev–Trinajstić information content (AvgIpc) is 2.30. The Morgan fingerprint density at radius 1 is 1.29 bits per heavy atom. The molecule has 0 aromatic heterocycles. The molecule has 0 aliphatic heterocycles. The van der Waals surface area contributed by atoms with Gasteiger partial charge in [-0.3, -0.25) is 9.00 Å². The van der Waals surface area contributed by atoms with E-state index in [9.17, 15) is 9.00 Å². The molecule has 0 fully saturated rings. The van der Waals surface area contributed by atoms with Crippen molar-refractivity contribution < 1.29 is 9.00 Å². The highest BCUT2D eigenvalue weighted by Crippen LogP contribution is 2.22. The number of unbranched alkanes of at least 4 members (excludes halogenated alkanes) is 1. The van der Waals surface area contributed by atoms with E-state index in [1.165, 1.54) is 6.07 Å². The number of hydrogen-bond donors (Lipinski definition) is 0. The first-order valence-corrected chi connectivity index (χ1v) is 7.62. The van der Waals surface area contributed by atoms with Gasteiger partial charge in [-0.1, -0.05) is 36.5 Å². The number of benzene rings is 1. The summed E-state index contributed by atoms with van der Waals surface area (Å²) in [6.07, 6.45) is 1.86. The maximum atomic E-state index is 11.8. The van der Waals surface area contributed by atoms with Gasteiger partial charge in [0.05, 0.1) is 15.8 Å². The maximum Gasteiger partial charge on any atom is 0.175 e. The van der Waals surface area contributed by atoms with Gasteiger partial charge >= 0.3 is 0 Å². The molecule has 1 aromatic carbocycles. The molecule has 94 valence electrons. The molecular formula is C12H14Cl2O2S. The lowest BCUT2D eigenvalue weighted by Crippen LogP contribution is -2.13. The summed E-state index contributed by atoms with van der Waals surface area (Å²) in [7, 11) is -1.09. The molecular weight excluding hydrogens is 279 g/mol. The normalized spacial score (nSPS) is 12.4. The first kappa shape index (κ1) is 14.7. The molecule has 0 saturated carbocycles. The predicted octanol–water partition coefficient (Wildman–Crippen LogP) is 3.72. The fourth-order valence-electron chi connectivity index (χ4n) is 1.28. The first-order chi connectivity index (χ1) is 8.04. The Hall–Kier alpha value is -0.380. The van der Waals surface area contributed by atoms with Crippen LogP contribution in [0.4, 0.5) is 0 Å². The summed E-state index contributed by atoms with van der Waals surface area (Å²) in [5.74, 6) is 0.472. The van der Waals surface area contributed by atoms with Gasteiger partial charge in [0.15, 0.2) is 5.78 Å². The number of Topliss-reactive ketones (excluding diaryl/α,β-unsaturated/α-hetero) is 1. The van der Waals surface area contributed by atoms with Crippen LogP contribution in [-0.4, -0.2) is 21.5 Å². The highest BCUT2D eigenvalue weighted by Gasteiger charge is 2.11. The van der Waals surface area contributed by atoms with Crippen LogP contribution in [0, 0.1) is 0 Å². The van der Waals surface area contributed by atoms with Crippen LogP contribution in [-0.2, 0) is 10.8 Å². The van der Waals surface area contributed by atoms with E-state index >= 15 is 0 Å². The fraction of sp³-hybridized carbons (Fsp3) is 0.417. The quantitative estimate of drug-likeness (QED) is 0.749. The lowest BCUT2D eigenvalue weighted by molar-refractivity contribution is 0.102. The third kappa shape index (κ3) is 4.78. The minimum atomic E-state index is -1.09. The third-order valence-electron chi connectivity index (χ3n) is 2.26. The van der Waals surface area contributed by atoms with Gasteiger partial charge in [0.2, 0.25) is 0 Å². The minimum absolute atomic E-state index is 0.0535. The number of carbonyl (C=O) groups excluding carboxylic acids is 1. The van der Waals surface area contributed by atoms with Crippen molar-refractivity contribution in [2.45, 2.75) is 19.8 Å².